The lowest BCUT2D eigenvalue weighted by atomic mass is 9.73. The van der Waals surface area contributed by atoms with Gasteiger partial charge in [-0.15, -0.1) is 0 Å². The second-order valence-corrected chi connectivity index (χ2v) is 34.6. The molecular weight excluding hydrogens is 1150 g/mol. The molecule has 0 bridgehead atoms. The van der Waals surface area contributed by atoms with E-state index in [0.29, 0.717) is 0 Å². The molecule has 0 radical (unpaired) electrons. The van der Waals surface area contributed by atoms with Crippen molar-refractivity contribution in [2.75, 3.05) is 9.80 Å². The normalized spacial score (nSPS) is 14.3. The first-order chi connectivity index (χ1) is 45.4. The van der Waals surface area contributed by atoms with E-state index in [9.17, 15) is 0 Å². The van der Waals surface area contributed by atoms with Crippen LogP contribution in [0.15, 0.2) is 279 Å². The summed E-state index contributed by atoms with van der Waals surface area (Å²) in [6.07, 6.45) is 1.78. The Labute approximate surface area is 549 Å². The van der Waals surface area contributed by atoms with Gasteiger partial charge < -0.3 is 9.80 Å². The van der Waals surface area contributed by atoms with Crippen LogP contribution >= 0.6 is 0 Å². The maximum Gasteiger partial charge on any atom is 0.180 e. The lowest BCUT2D eigenvalue weighted by molar-refractivity contribution is 0.632. The van der Waals surface area contributed by atoms with Gasteiger partial charge in [-0.3, -0.25) is 0 Å². The fourth-order valence-corrected chi connectivity index (χ4v) is 27.3. The summed E-state index contributed by atoms with van der Waals surface area (Å²) >= 11 is 0. The van der Waals surface area contributed by atoms with E-state index in [1.807, 2.05) is 0 Å². The molecule has 0 saturated heterocycles. The molecule has 0 fully saturated rings. The zero-order valence-electron chi connectivity index (χ0n) is 54.4. The van der Waals surface area contributed by atoms with Gasteiger partial charge in [0.25, 0.3) is 0 Å². The van der Waals surface area contributed by atoms with Crippen LogP contribution in [0.1, 0.15) is 72.2 Å². The molecule has 0 aromatic heterocycles. The molecular formula is C89H74N2Si2. The third-order valence-electron chi connectivity index (χ3n) is 21.6. The van der Waals surface area contributed by atoms with Crippen LogP contribution in [0.2, 0.25) is 0 Å². The highest BCUT2D eigenvalue weighted by Gasteiger charge is 2.52. The van der Waals surface area contributed by atoms with E-state index in [-0.39, 0.29) is 5.41 Å². The monoisotopic (exact) mass is 1230 g/mol. The van der Waals surface area contributed by atoms with Gasteiger partial charge in [0.2, 0.25) is 0 Å². The summed E-state index contributed by atoms with van der Waals surface area (Å²) in [5.41, 5.74) is 22.8. The molecule has 0 saturated carbocycles. The lowest BCUT2D eigenvalue weighted by Crippen LogP contribution is -2.72. The van der Waals surface area contributed by atoms with Crippen molar-refractivity contribution in [1.29, 1.82) is 0 Å². The molecule has 2 nitrogen and oxygen atoms in total. The van der Waals surface area contributed by atoms with Crippen molar-refractivity contribution in [1.82, 2.24) is 0 Å². The minimum atomic E-state index is -2.87. The number of para-hydroxylation sites is 2. The van der Waals surface area contributed by atoms with E-state index in [2.05, 4.69) is 344 Å². The summed E-state index contributed by atoms with van der Waals surface area (Å²) in [7, 11) is -5.73. The Kier molecular flexibility index (Phi) is 13.1. The summed E-state index contributed by atoms with van der Waals surface area (Å²) in [5, 5.41) is 19.0. The third kappa shape index (κ3) is 8.30. The van der Waals surface area contributed by atoms with Gasteiger partial charge in [-0.1, -0.05) is 268 Å². The van der Waals surface area contributed by atoms with Crippen LogP contribution in [0.4, 0.5) is 34.1 Å². The second-order valence-electron chi connectivity index (χ2n) is 27.2. The molecule has 3 aliphatic heterocycles. The van der Waals surface area contributed by atoms with Gasteiger partial charge in [-0.05, 0) is 220 Å². The standard InChI is InChI=1S/C89H74N2Si2/c1-9-61-21-11-17-27-81(61)90(83-55-87-77(51-62(83)10-2)73-24-14-19-29-85(73)92(87,65-41-31-57(3)32-42-65)66-43-33-58(4)34-44-66)63-39-49-71-72-50-40-64(53-76(72)70-23-13-12-22-69(70)75(71)52-63)91-82-28-18-16-26-79(82)89(7,8)80-54-78-74-25-15-20-30-86(74)93(88(78)56-84(80)91,67-45-35-59(5)36-46-67)68-47-37-60(6)38-48-68/h11-56H,9-10H2,1-8H3. The van der Waals surface area contributed by atoms with Crippen molar-refractivity contribution in [2.24, 2.45) is 0 Å². The van der Waals surface area contributed by atoms with Crippen LogP contribution in [0.25, 0.3) is 54.6 Å². The van der Waals surface area contributed by atoms with Gasteiger partial charge in [0.15, 0.2) is 16.1 Å². The molecule has 3 aliphatic rings. The Bertz CT molecular complexity index is 5260. The molecule has 93 heavy (non-hydrogen) atoms. The molecule has 0 amide bonds. The molecule has 0 unspecified atom stereocenters. The zero-order valence-corrected chi connectivity index (χ0v) is 56.4. The summed E-state index contributed by atoms with van der Waals surface area (Å²) < 4.78 is 0. The quantitative estimate of drug-likeness (QED) is 0.0995. The van der Waals surface area contributed by atoms with Crippen molar-refractivity contribution in [3.05, 3.63) is 324 Å². The average Bonchev–Trinajstić information content (AvgIpc) is 1.58. The van der Waals surface area contributed by atoms with Gasteiger partial charge >= 0.3 is 0 Å². The van der Waals surface area contributed by atoms with Crippen molar-refractivity contribution in [3.63, 3.8) is 0 Å². The van der Waals surface area contributed by atoms with Crippen molar-refractivity contribution < 1.29 is 0 Å². The van der Waals surface area contributed by atoms with Crippen LogP contribution in [-0.2, 0) is 18.3 Å². The number of hydrogen-bond donors (Lipinski definition) is 0. The van der Waals surface area contributed by atoms with Crippen LogP contribution in [0.5, 0.6) is 0 Å². The largest absolute Gasteiger partial charge is 0.310 e. The number of benzene rings is 14. The maximum atomic E-state index is 2.65. The SMILES string of the molecule is CCc1ccccc1N(c1ccc2c3ccc(N4c5ccccc5C(C)(C)c5cc6c(cc54)[Si](c4ccc(C)cc4)(c4ccc(C)cc4)c4ccccc4-6)cc3c3ccccc3c2c1)c1cc2c(cc1CC)-c1ccccc1[Si]2(c1ccc(C)cc1)c1ccc(C)cc1. The Morgan fingerprint density at radius 1 is 0.323 bits per heavy atom. The molecule has 14 aromatic rings. The minimum absolute atomic E-state index is 0.286. The van der Waals surface area contributed by atoms with Gasteiger partial charge in [-0.2, -0.15) is 0 Å². The van der Waals surface area contributed by atoms with E-state index in [0.717, 1.165) is 24.2 Å². The second kappa shape index (κ2) is 21.5. The fraction of sp³-hybridized carbons (Fsp3) is 0.124. The van der Waals surface area contributed by atoms with Crippen LogP contribution < -0.4 is 51.3 Å². The zero-order chi connectivity index (χ0) is 63.1. The Balaban J connectivity index is 0.878. The van der Waals surface area contributed by atoms with Gasteiger partial charge in [0.05, 0.1) is 11.4 Å². The fourth-order valence-electron chi connectivity index (χ4n) is 17.0. The van der Waals surface area contributed by atoms with Crippen molar-refractivity contribution >= 4 is 124 Å². The van der Waals surface area contributed by atoms with E-state index < -0.39 is 16.1 Å². The van der Waals surface area contributed by atoms with Crippen LogP contribution in [0, 0.1) is 27.7 Å². The van der Waals surface area contributed by atoms with E-state index in [1.165, 1.54) is 163 Å². The predicted octanol–water partition coefficient (Wildman–Crippen LogP) is 17.8. The number of nitrogens with zero attached hydrogens (tertiary/aromatic N) is 2. The number of fused-ring (bicyclic) bond motifs is 14. The number of aryl methyl sites for hydroxylation is 6. The van der Waals surface area contributed by atoms with E-state index >= 15 is 0 Å². The molecule has 0 aliphatic carbocycles. The molecule has 14 aromatic carbocycles. The summed E-state index contributed by atoms with van der Waals surface area (Å²) in [6.45, 7) is 18.4. The van der Waals surface area contributed by atoms with E-state index in [1.54, 1.807) is 0 Å². The first-order valence-electron chi connectivity index (χ1n) is 33.4. The highest BCUT2D eigenvalue weighted by Crippen LogP contribution is 2.54. The Morgan fingerprint density at radius 2 is 0.774 bits per heavy atom. The van der Waals surface area contributed by atoms with Crippen molar-refractivity contribution in [3.8, 4) is 22.3 Å². The lowest BCUT2D eigenvalue weighted by Gasteiger charge is -2.43. The molecule has 0 N–H and O–H groups in total. The predicted molar refractivity (Wildman–Crippen MR) is 403 cm³/mol. The maximum absolute atomic E-state index is 2.87. The number of hydrogen-bond acceptors (Lipinski definition) is 2. The van der Waals surface area contributed by atoms with Crippen LogP contribution in [-0.4, -0.2) is 16.1 Å². The first kappa shape index (κ1) is 56.8. The summed E-state index contributed by atoms with van der Waals surface area (Å²) in [5.74, 6) is 0. The molecule has 0 atom stereocenters. The molecule has 3 heterocycles. The van der Waals surface area contributed by atoms with Gasteiger partial charge in [0.1, 0.15) is 0 Å². The average molecular weight is 1230 g/mol. The molecule has 17 rings (SSSR count). The Morgan fingerprint density at radius 3 is 1.33 bits per heavy atom. The molecule has 4 heteroatoms. The number of anilines is 6. The van der Waals surface area contributed by atoms with Crippen LogP contribution in [0.3, 0.4) is 0 Å². The number of rotatable bonds is 10. The smallest absolute Gasteiger partial charge is 0.180 e. The topological polar surface area (TPSA) is 6.48 Å². The first-order valence-corrected chi connectivity index (χ1v) is 37.4. The third-order valence-corrected chi connectivity index (χ3v) is 31.4. The van der Waals surface area contributed by atoms with E-state index in [4.69, 9.17) is 0 Å². The minimum Gasteiger partial charge on any atom is -0.310 e. The van der Waals surface area contributed by atoms with Crippen molar-refractivity contribution in [2.45, 2.75) is 73.6 Å². The highest BCUT2D eigenvalue weighted by molar-refractivity contribution is 7.23. The Hall–Kier alpha value is -10.1. The summed E-state index contributed by atoms with van der Waals surface area (Å²) in [4.78, 5) is 5.24. The molecule has 448 valence electrons. The molecule has 0 spiro atoms. The summed E-state index contributed by atoms with van der Waals surface area (Å²) in [6, 6.07) is 109. The van der Waals surface area contributed by atoms with Gasteiger partial charge in [-0.25, -0.2) is 0 Å². The highest BCUT2D eigenvalue weighted by atomic mass is 28.3. The van der Waals surface area contributed by atoms with Gasteiger partial charge in [0, 0.05) is 28.2 Å².